The molecule has 0 aromatic heterocycles. The van der Waals surface area contributed by atoms with Crippen molar-refractivity contribution < 1.29 is 20.4 Å². The maximum Gasteiger partial charge on any atom is 0.143 e. The van der Waals surface area contributed by atoms with E-state index in [9.17, 15) is 5.11 Å². The van der Waals surface area contributed by atoms with E-state index in [4.69, 9.17) is 10.4 Å². The van der Waals surface area contributed by atoms with Crippen LogP contribution in [-0.2, 0) is 4.89 Å². The smallest absolute Gasteiger partial charge is 0.143 e. The number of aliphatic hydroxyl groups excluding tert-OH is 1. The molecule has 1 aromatic rings. The molecule has 3 N–H and O–H groups in total. The second-order valence-electron chi connectivity index (χ2n) is 2.86. The Labute approximate surface area is 76.0 Å². The maximum absolute atomic E-state index is 9.19. The monoisotopic (exact) mass is 184 g/mol. The normalized spacial score (nSPS) is 15.3. The molecule has 4 heteroatoms. The Hall–Kier alpha value is -1.10. The summed E-state index contributed by atoms with van der Waals surface area (Å²) in [5.41, 5.74) is 0.607. The van der Waals surface area contributed by atoms with Crippen LogP contribution >= 0.6 is 0 Å². The minimum Gasteiger partial charge on any atom is -0.508 e. The highest BCUT2D eigenvalue weighted by atomic mass is 17.1. The summed E-state index contributed by atoms with van der Waals surface area (Å²) in [6.45, 7) is 1.51. The van der Waals surface area contributed by atoms with Crippen LogP contribution in [0.5, 0.6) is 5.75 Å². The van der Waals surface area contributed by atoms with Gasteiger partial charge in [-0.25, -0.2) is 4.89 Å². The first kappa shape index (κ1) is 9.98. The Morgan fingerprint density at radius 1 is 1.23 bits per heavy atom. The van der Waals surface area contributed by atoms with Crippen molar-refractivity contribution in [2.75, 3.05) is 0 Å². The lowest BCUT2D eigenvalue weighted by atomic mass is 10.1. The zero-order chi connectivity index (χ0) is 9.84. The summed E-state index contributed by atoms with van der Waals surface area (Å²) < 4.78 is 0. The average molecular weight is 184 g/mol. The van der Waals surface area contributed by atoms with Crippen molar-refractivity contribution in [1.29, 1.82) is 0 Å². The second kappa shape index (κ2) is 4.23. The predicted octanol–water partition coefficient (Wildman–Crippen LogP) is 1.30. The van der Waals surface area contributed by atoms with Gasteiger partial charge in [-0.3, -0.25) is 5.26 Å². The lowest BCUT2D eigenvalue weighted by Gasteiger charge is -2.16. The number of aliphatic hydroxyl groups is 1. The van der Waals surface area contributed by atoms with Gasteiger partial charge >= 0.3 is 0 Å². The molecule has 0 saturated carbocycles. The minimum atomic E-state index is -0.811. The molecule has 1 aromatic carbocycles. The Morgan fingerprint density at radius 2 is 1.77 bits per heavy atom. The van der Waals surface area contributed by atoms with Crippen LogP contribution in [0.25, 0.3) is 0 Å². The lowest BCUT2D eigenvalue weighted by Crippen LogP contribution is -2.16. The fourth-order valence-electron chi connectivity index (χ4n) is 1.09. The highest BCUT2D eigenvalue weighted by molar-refractivity contribution is 5.27. The van der Waals surface area contributed by atoms with Gasteiger partial charge in [-0.05, 0) is 24.6 Å². The van der Waals surface area contributed by atoms with Crippen LogP contribution in [0.15, 0.2) is 24.3 Å². The van der Waals surface area contributed by atoms with Crippen LogP contribution in [0.1, 0.15) is 18.6 Å². The summed E-state index contributed by atoms with van der Waals surface area (Å²) in [5, 5.41) is 26.7. The third kappa shape index (κ3) is 2.42. The third-order valence-electron chi connectivity index (χ3n) is 1.77. The van der Waals surface area contributed by atoms with Gasteiger partial charge in [0.15, 0.2) is 0 Å². The van der Waals surface area contributed by atoms with E-state index in [0.717, 1.165) is 0 Å². The number of phenolic OH excluding ortho intramolecular Hbond substituents is 1. The Morgan fingerprint density at radius 3 is 2.15 bits per heavy atom. The minimum absolute atomic E-state index is 0.131. The van der Waals surface area contributed by atoms with Crippen molar-refractivity contribution in [2.24, 2.45) is 0 Å². The van der Waals surface area contributed by atoms with Crippen LogP contribution in [0.4, 0.5) is 0 Å². The van der Waals surface area contributed by atoms with Crippen LogP contribution in [0.3, 0.4) is 0 Å². The number of rotatable bonds is 3. The largest absolute Gasteiger partial charge is 0.508 e. The van der Waals surface area contributed by atoms with Gasteiger partial charge in [0.2, 0.25) is 0 Å². The zero-order valence-electron chi connectivity index (χ0n) is 7.21. The molecule has 0 spiro atoms. The Kier molecular flexibility index (Phi) is 3.25. The van der Waals surface area contributed by atoms with Gasteiger partial charge in [0.25, 0.3) is 0 Å². The van der Waals surface area contributed by atoms with Crippen LogP contribution in [0, 0.1) is 0 Å². The summed E-state index contributed by atoms with van der Waals surface area (Å²) in [5.74, 6) is 0.131. The van der Waals surface area contributed by atoms with E-state index in [-0.39, 0.29) is 5.75 Å². The molecule has 0 saturated heterocycles. The molecule has 72 valence electrons. The average Bonchev–Trinajstić information content (AvgIpc) is 2.09. The van der Waals surface area contributed by atoms with Gasteiger partial charge in [0.05, 0.1) is 6.10 Å². The molecule has 2 atom stereocenters. The van der Waals surface area contributed by atoms with Gasteiger partial charge in [-0.15, -0.1) is 0 Å². The molecular weight excluding hydrogens is 172 g/mol. The SMILES string of the molecule is CC(O)C(OO)c1ccc(O)cc1. The molecule has 13 heavy (non-hydrogen) atoms. The van der Waals surface area contributed by atoms with E-state index in [0.29, 0.717) is 5.56 Å². The third-order valence-corrected chi connectivity index (χ3v) is 1.77. The molecule has 0 aliphatic rings. The van der Waals surface area contributed by atoms with E-state index in [1.807, 2.05) is 0 Å². The molecule has 2 unspecified atom stereocenters. The van der Waals surface area contributed by atoms with Crippen molar-refractivity contribution in [3.8, 4) is 5.75 Å². The van der Waals surface area contributed by atoms with E-state index in [1.165, 1.54) is 19.1 Å². The molecular formula is C9H12O4. The molecule has 0 aliphatic heterocycles. The summed E-state index contributed by atoms with van der Waals surface area (Å²) in [6, 6.07) is 6.07. The van der Waals surface area contributed by atoms with Crippen LogP contribution in [-0.4, -0.2) is 21.6 Å². The van der Waals surface area contributed by atoms with Gasteiger partial charge in [0.1, 0.15) is 11.9 Å². The van der Waals surface area contributed by atoms with Crippen LogP contribution in [0.2, 0.25) is 0 Å². The Bertz CT molecular complexity index is 255. The van der Waals surface area contributed by atoms with Crippen molar-refractivity contribution in [3.05, 3.63) is 29.8 Å². The first-order valence-electron chi connectivity index (χ1n) is 3.92. The molecule has 0 radical (unpaired) electrons. The molecule has 0 bridgehead atoms. The quantitative estimate of drug-likeness (QED) is 0.489. The first-order valence-corrected chi connectivity index (χ1v) is 3.92. The molecule has 4 nitrogen and oxygen atoms in total. The summed E-state index contributed by atoms with van der Waals surface area (Å²) in [6.07, 6.45) is -1.59. The fourth-order valence-corrected chi connectivity index (χ4v) is 1.09. The highest BCUT2D eigenvalue weighted by Crippen LogP contribution is 2.22. The second-order valence-corrected chi connectivity index (χ2v) is 2.86. The molecule has 0 amide bonds. The lowest BCUT2D eigenvalue weighted by molar-refractivity contribution is -0.298. The van der Waals surface area contributed by atoms with Gasteiger partial charge in [-0.2, -0.15) is 0 Å². The van der Waals surface area contributed by atoms with Crippen molar-refractivity contribution >= 4 is 0 Å². The number of phenols is 1. The number of aromatic hydroxyl groups is 1. The van der Waals surface area contributed by atoms with Crippen molar-refractivity contribution in [1.82, 2.24) is 0 Å². The summed E-state index contributed by atoms with van der Waals surface area (Å²) in [7, 11) is 0. The highest BCUT2D eigenvalue weighted by Gasteiger charge is 2.17. The van der Waals surface area contributed by atoms with E-state index in [1.54, 1.807) is 12.1 Å². The van der Waals surface area contributed by atoms with Crippen molar-refractivity contribution in [3.63, 3.8) is 0 Å². The standard InChI is InChI=1S/C9H12O4/c1-6(10)9(13-12)7-2-4-8(11)5-3-7/h2-6,9-12H,1H3. The van der Waals surface area contributed by atoms with Gasteiger partial charge in [-0.1, -0.05) is 12.1 Å². The Balaban J connectivity index is 2.86. The number of hydrogen-bond acceptors (Lipinski definition) is 4. The molecule has 0 heterocycles. The zero-order valence-corrected chi connectivity index (χ0v) is 7.21. The topological polar surface area (TPSA) is 69.9 Å². The number of benzene rings is 1. The van der Waals surface area contributed by atoms with Gasteiger partial charge in [0, 0.05) is 0 Å². The fraction of sp³-hybridized carbons (Fsp3) is 0.333. The summed E-state index contributed by atoms with van der Waals surface area (Å²) in [4.78, 5) is 4.11. The molecule has 0 fully saturated rings. The number of hydrogen-bond donors (Lipinski definition) is 3. The van der Waals surface area contributed by atoms with E-state index in [2.05, 4.69) is 4.89 Å². The van der Waals surface area contributed by atoms with Crippen LogP contribution < -0.4 is 0 Å². The van der Waals surface area contributed by atoms with Gasteiger partial charge < -0.3 is 10.2 Å². The molecule has 1 rings (SSSR count). The van der Waals surface area contributed by atoms with E-state index >= 15 is 0 Å². The maximum atomic E-state index is 9.19. The molecule has 0 aliphatic carbocycles. The van der Waals surface area contributed by atoms with E-state index < -0.39 is 12.2 Å². The first-order chi connectivity index (χ1) is 6.15. The summed E-state index contributed by atoms with van der Waals surface area (Å²) >= 11 is 0. The van der Waals surface area contributed by atoms with Crippen molar-refractivity contribution in [2.45, 2.75) is 19.1 Å². The predicted molar refractivity (Wildman–Crippen MR) is 46.2 cm³/mol.